The van der Waals surface area contributed by atoms with Gasteiger partial charge >= 0.3 is 11.7 Å². The number of aliphatic carboxylic acids is 1. The molecule has 182 valence electrons. The van der Waals surface area contributed by atoms with Crippen LogP contribution >= 0.6 is 11.8 Å². The standard InChI is InChI=1S/C24H36N4O4S/c1-5-6-7-8-9-16-28-21(29)20(26-27(4)23(28)32)25-15-11-13-18-12-10-14-19(17-18)33-24(2,3)22(30)31/h10,12,14,17H,5-9,11,13,15-16H2,1-4H3,(H,25,26)(H,30,31). The molecule has 0 saturated heterocycles. The maximum absolute atomic E-state index is 12.7. The lowest BCUT2D eigenvalue weighted by atomic mass is 10.1. The zero-order valence-electron chi connectivity index (χ0n) is 20.1. The summed E-state index contributed by atoms with van der Waals surface area (Å²) in [6.07, 6.45) is 6.74. The summed E-state index contributed by atoms with van der Waals surface area (Å²) in [4.78, 5) is 37.4. The minimum absolute atomic E-state index is 0.193. The molecule has 0 radical (unpaired) electrons. The van der Waals surface area contributed by atoms with Gasteiger partial charge in [-0.3, -0.25) is 14.2 Å². The number of carbonyl (C=O) groups is 1. The van der Waals surface area contributed by atoms with Crippen molar-refractivity contribution in [3.05, 3.63) is 50.7 Å². The van der Waals surface area contributed by atoms with Crippen LogP contribution in [0, 0.1) is 0 Å². The average Bonchev–Trinajstić information content (AvgIpc) is 2.76. The summed E-state index contributed by atoms with van der Waals surface area (Å²) in [5, 5.41) is 16.5. The number of thioether (sulfide) groups is 1. The van der Waals surface area contributed by atoms with Crippen molar-refractivity contribution in [2.45, 2.75) is 81.9 Å². The molecule has 0 saturated carbocycles. The number of nitrogens with one attached hydrogen (secondary N) is 1. The molecule has 2 rings (SSSR count). The Morgan fingerprint density at radius 3 is 2.58 bits per heavy atom. The molecule has 0 aliphatic heterocycles. The van der Waals surface area contributed by atoms with E-state index in [1.54, 1.807) is 20.9 Å². The van der Waals surface area contributed by atoms with Gasteiger partial charge in [0.25, 0.3) is 5.56 Å². The first-order chi connectivity index (χ1) is 15.7. The molecule has 8 nitrogen and oxygen atoms in total. The van der Waals surface area contributed by atoms with Gasteiger partial charge in [0.05, 0.1) is 0 Å². The van der Waals surface area contributed by atoms with E-state index < -0.39 is 10.7 Å². The highest BCUT2D eigenvalue weighted by Gasteiger charge is 2.28. The number of carboxylic acid groups (broad SMARTS) is 1. The molecule has 33 heavy (non-hydrogen) atoms. The molecule has 0 atom stereocenters. The van der Waals surface area contributed by atoms with Crippen LogP contribution in [0.5, 0.6) is 0 Å². The lowest BCUT2D eigenvalue weighted by Gasteiger charge is -2.18. The van der Waals surface area contributed by atoms with E-state index in [4.69, 9.17) is 0 Å². The molecule has 0 aliphatic carbocycles. The van der Waals surface area contributed by atoms with E-state index >= 15 is 0 Å². The smallest absolute Gasteiger partial charge is 0.347 e. The molecule has 0 fully saturated rings. The highest BCUT2D eigenvalue weighted by atomic mass is 32.2. The van der Waals surface area contributed by atoms with Crippen LogP contribution in [0.3, 0.4) is 0 Å². The van der Waals surface area contributed by atoms with Gasteiger partial charge < -0.3 is 10.4 Å². The zero-order chi connectivity index (χ0) is 24.4. The van der Waals surface area contributed by atoms with Gasteiger partial charge in [-0.25, -0.2) is 9.48 Å². The topological polar surface area (TPSA) is 106 Å². The number of hydrogen-bond acceptors (Lipinski definition) is 6. The van der Waals surface area contributed by atoms with Gasteiger partial charge in [-0.15, -0.1) is 16.9 Å². The van der Waals surface area contributed by atoms with Crippen LogP contribution in [0.2, 0.25) is 0 Å². The van der Waals surface area contributed by atoms with Crippen molar-refractivity contribution in [2.24, 2.45) is 7.05 Å². The van der Waals surface area contributed by atoms with Crippen LogP contribution in [-0.2, 0) is 24.8 Å². The van der Waals surface area contributed by atoms with Gasteiger partial charge in [-0.05, 0) is 50.8 Å². The minimum Gasteiger partial charge on any atom is -0.480 e. The molecule has 1 aromatic heterocycles. The van der Waals surface area contributed by atoms with E-state index in [1.807, 2.05) is 24.3 Å². The lowest BCUT2D eigenvalue weighted by Crippen LogP contribution is -2.41. The number of benzene rings is 1. The first-order valence-electron chi connectivity index (χ1n) is 11.6. The lowest BCUT2D eigenvalue weighted by molar-refractivity contribution is -0.138. The van der Waals surface area contributed by atoms with Crippen molar-refractivity contribution in [1.82, 2.24) is 14.3 Å². The van der Waals surface area contributed by atoms with Crippen molar-refractivity contribution in [1.29, 1.82) is 0 Å². The number of unbranched alkanes of at least 4 members (excludes halogenated alkanes) is 4. The second-order valence-corrected chi connectivity index (χ2v) is 10.4. The van der Waals surface area contributed by atoms with E-state index in [1.165, 1.54) is 21.0 Å². The van der Waals surface area contributed by atoms with E-state index in [0.29, 0.717) is 13.1 Å². The number of aryl methyl sites for hydroxylation is 2. The quantitative estimate of drug-likeness (QED) is 0.314. The maximum Gasteiger partial charge on any atom is 0.347 e. The fraction of sp³-hybridized carbons (Fsp3) is 0.583. The number of aromatic nitrogens is 3. The number of rotatable bonds is 14. The van der Waals surface area contributed by atoms with E-state index in [2.05, 4.69) is 17.3 Å². The van der Waals surface area contributed by atoms with Gasteiger partial charge in [0.2, 0.25) is 5.82 Å². The summed E-state index contributed by atoms with van der Waals surface area (Å²) in [6.45, 7) is 6.47. The minimum atomic E-state index is -0.898. The van der Waals surface area contributed by atoms with Crippen LogP contribution in [0.15, 0.2) is 38.8 Å². The summed E-state index contributed by atoms with van der Waals surface area (Å²) in [5.41, 5.74) is 0.337. The molecular weight excluding hydrogens is 440 g/mol. The van der Waals surface area contributed by atoms with Crippen molar-refractivity contribution in [3.8, 4) is 0 Å². The van der Waals surface area contributed by atoms with E-state index in [-0.39, 0.29) is 17.1 Å². The molecule has 0 amide bonds. The Bertz CT molecular complexity index is 1050. The summed E-state index contributed by atoms with van der Waals surface area (Å²) in [7, 11) is 1.56. The van der Waals surface area contributed by atoms with E-state index in [0.717, 1.165) is 55.4 Å². The third kappa shape index (κ3) is 8.07. The Morgan fingerprint density at radius 1 is 1.15 bits per heavy atom. The molecule has 2 N–H and O–H groups in total. The first kappa shape index (κ1) is 26.7. The van der Waals surface area contributed by atoms with Gasteiger partial charge in [-0.1, -0.05) is 44.7 Å². The normalized spacial score (nSPS) is 11.5. The Hall–Kier alpha value is -2.55. The van der Waals surface area contributed by atoms with E-state index in [9.17, 15) is 19.5 Å². The molecule has 1 aromatic carbocycles. The predicted octanol–water partition coefficient (Wildman–Crippen LogP) is 3.91. The predicted molar refractivity (Wildman–Crippen MR) is 133 cm³/mol. The SMILES string of the molecule is CCCCCCCn1c(=O)c(NCCCc2cccc(SC(C)(C)C(=O)O)c2)nn(C)c1=O. The van der Waals surface area contributed by atoms with Crippen molar-refractivity contribution in [2.75, 3.05) is 11.9 Å². The highest BCUT2D eigenvalue weighted by Crippen LogP contribution is 2.33. The second kappa shape index (κ2) is 12.6. The Morgan fingerprint density at radius 2 is 1.88 bits per heavy atom. The van der Waals surface area contributed by atoms with Gasteiger partial charge in [-0.2, -0.15) is 0 Å². The third-order valence-electron chi connectivity index (χ3n) is 5.41. The van der Waals surface area contributed by atoms with Crippen LogP contribution in [0.1, 0.15) is 64.9 Å². The van der Waals surface area contributed by atoms with Crippen LogP contribution < -0.4 is 16.6 Å². The summed E-state index contributed by atoms with van der Waals surface area (Å²) in [6, 6.07) is 7.85. The largest absolute Gasteiger partial charge is 0.480 e. The average molecular weight is 477 g/mol. The maximum atomic E-state index is 12.7. The molecule has 0 unspecified atom stereocenters. The monoisotopic (exact) mass is 476 g/mol. The fourth-order valence-electron chi connectivity index (χ4n) is 3.41. The van der Waals surface area contributed by atoms with Crippen LogP contribution in [-0.4, -0.2) is 36.7 Å². The second-order valence-electron chi connectivity index (χ2n) is 8.72. The van der Waals surface area contributed by atoms with Crippen molar-refractivity contribution >= 4 is 23.5 Å². The van der Waals surface area contributed by atoms with Crippen LogP contribution in [0.25, 0.3) is 0 Å². The summed E-state index contributed by atoms with van der Waals surface area (Å²) in [5.74, 6) is -0.656. The Balaban J connectivity index is 1.94. The Kier molecular flexibility index (Phi) is 10.2. The molecule has 0 spiro atoms. The summed E-state index contributed by atoms with van der Waals surface area (Å²) >= 11 is 1.32. The van der Waals surface area contributed by atoms with Crippen LogP contribution in [0.4, 0.5) is 5.82 Å². The molecule has 0 aliphatic rings. The molecular formula is C24H36N4O4S. The number of carboxylic acids is 1. The fourth-order valence-corrected chi connectivity index (χ4v) is 4.44. The molecule has 0 bridgehead atoms. The van der Waals surface area contributed by atoms with Crippen molar-refractivity contribution < 1.29 is 9.90 Å². The molecule has 9 heteroatoms. The Labute approximate surface area is 199 Å². The van der Waals surface area contributed by atoms with Gasteiger partial charge in [0.1, 0.15) is 4.75 Å². The molecule has 2 aromatic rings. The van der Waals surface area contributed by atoms with Gasteiger partial charge in [0, 0.05) is 25.0 Å². The number of hydrogen-bond donors (Lipinski definition) is 2. The summed E-state index contributed by atoms with van der Waals surface area (Å²) < 4.78 is 1.58. The molecule has 1 heterocycles. The number of nitrogens with zero attached hydrogens (tertiary/aromatic N) is 3. The van der Waals surface area contributed by atoms with Gasteiger partial charge in [0.15, 0.2) is 0 Å². The number of anilines is 1. The highest BCUT2D eigenvalue weighted by molar-refractivity contribution is 8.01. The first-order valence-corrected chi connectivity index (χ1v) is 12.4. The zero-order valence-corrected chi connectivity index (χ0v) is 20.9. The van der Waals surface area contributed by atoms with Crippen molar-refractivity contribution in [3.63, 3.8) is 0 Å². The third-order valence-corrected chi connectivity index (χ3v) is 6.59.